The molecule has 0 amide bonds. The molecule has 2 aromatic heterocycles. The minimum absolute atomic E-state index is 0.887. The molecule has 0 aliphatic rings. The van der Waals surface area contributed by atoms with Gasteiger partial charge in [-0.3, -0.25) is 4.98 Å². The lowest BCUT2D eigenvalue weighted by molar-refractivity contribution is 1.05. The van der Waals surface area contributed by atoms with Crippen LogP contribution in [0.5, 0.6) is 0 Å². The van der Waals surface area contributed by atoms with E-state index in [0.29, 0.717) is 0 Å². The van der Waals surface area contributed by atoms with Crippen LogP contribution in [0, 0.1) is 13.8 Å². The Morgan fingerprint density at radius 2 is 2.00 bits per heavy atom. The molecule has 4 heteroatoms. The summed E-state index contributed by atoms with van der Waals surface area (Å²) in [6.45, 7) is 3.96. The Labute approximate surface area is 80.5 Å². The molecule has 0 saturated heterocycles. The second kappa shape index (κ2) is 3.22. The summed E-state index contributed by atoms with van der Waals surface area (Å²) in [5.41, 5.74) is 2.06. The Hall–Kier alpha value is -1.29. The number of hydrogen-bond donors (Lipinski definition) is 0. The van der Waals surface area contributed by atoms with Gasteiger partial charge in [-0.2, -0.15) is 0 Å². The molecule has 13 heavy (non-hydrogen) atoms. The maximum Gasteiger partial charge on any atom is 0.166 e. The Balaban J connectivity index is 2.41. The third-order valence-electron chi connectivity index (χ3n) is 1.66. The quantitative estimate of drug-likeness (QED) is 0.693. The summed E-state index contributed by atoms with van der Waals surface area (Å²) in [6, 6.07) is 3.99. The Kier molecular flexibility index (Phi) is 2.06. The molecule has 0 aromatic carbocycles. The van der Waals surface area contributed by atoms with Crippen LogP contribution in [0.1, 0.15) is 10.6 Å². The van der Waals surface area contributed by atoms with Crippen LogP contribution in [-0.4, -0.2) is 15.2 Å². The standard InChI is InChI=1S/C9H9N3S/c1-6-3-4-8(10-5-6)9-12-11-7(2)13-9/h3-5H,1-2H3. The molecule has 2 heterocycles. The maximum atomic E-state index is 4.27. The minimum atomic E-state index is 0.887. The predicted molar refractivity (Wildman–Crippen MR) is 52.6 cm³/mol. The van der Waals surface area contributed by atoms with Gasteiger partial charge in [0.05, 0.1) is 0 Å². The minimum Gasteiger partial charge on any atom is -0.253 e. The van der Waals surface area contributed by atoms with Gasteiger partial charge in [0.15, 0.2) is 5.01 Å². The van der Waals surface area contributed by atoms with E-state index in [9.17, 15) is 0 Å². The van der Waals surface area contributed by atoms with Gasteiger partial charge in [0.25, 0.3) is 0 Å². The van der Waals surface area contributed by atoms with Gasteiger partial charge in [0.1, 0.15) is 10.7 Å². The fourth-order valence-electron chi connectivity index (χ4n) is 0.994. The summed E-state index contributed by atoms with van der Waals surface area (Å²) < 4.78 is 0. The van der Waals surface area contributed by atoms with E-state index in [-0.39, 0.29) is 0 Å². The molecule has 0 spiro atoms. The summed E-state index contributed by atoms with van der Waals surface area (Å²) in [6.07, 6.45) is 1.84. The molecule has 0 saturated carbocycles. The fourth-order valence-corrected chi connectivity index (χ4v) is 1.66. The van der Waals surface area contributed by atoms with Gasteiger partial charge in [-0.1, -0.05) is 17.4 Å². The van der Waals surface area contributed by atoms with Crippen molar-refractivity contribution < 1.29 is 0 Å². The number of nitrogens with zero attached hydrogens (tertiary/aromatic N) is 3. The monoisotopic (exact) mass is 191 g/mol. The Bertz CT molecular complexity index is 405. The van der Waals surface area contributed by atoms with Gasteiger partial charge in [0, 0.05) is 6.20 Å². The van der Waals surface area contributed by atoms with Gasteiger partial charge in [0.2, 0.25) is 0 Å². The van der Waals surface area contributed by atoms with E-state index in [2.05, 4.69) is 15.2 Å². The molecule has 0 fully saturated rings. The van der Waals surface area contributed by atoms with E-state index in [1.165, 1.54) is 0 Å². The van der Waals surface area contributed by atoms with Crippen LogP contribution >= 0.6 is 11.3 Å². The van der Waals surface area contributed by atoms with E-state index in [1.807, 2.05) is 32.2 Å². The van der Waals surface area contributed by atoms with Crippen LogP contribution in [-0.2, 0) is 0 Å². The van der Waals surface area contributed by atoms with Crippen molar-refractivity contribution in [2.45, 2.75) is 13.8 Å². The third-order valence-corrected chi connectivity index (χ3v) is 2.52. The average molecular weight is 191 g/mol. The highest BCUT2D eigenvalue weighted by molar-refractivity contribution is 7.14. The van der Waals surface area contributed by atoms with E-state index < -0.39 is 0 Å². The summed E-state index contributed by atoms with van der Waals surface area (Å²) in [5, 5.41) is 9.82. The maximum absolute atomic E-state index is 4.27. The number of pyridine rings is 1. The fraction of sp³-hybridized carbons (Fsp3) is 0.222. The topological polar surface area (TPSA) is 38.7 Å². The largest absolute Gasteiger partial charge is 0.253 e. The molecule has 0 N–H and O–H groups in total. The molecule has 0 unspecified atom stereocenters. The molecule has 2 rings (SSSR count). The zero-order chi connectivity index (χ0) is 9.26. The number of rotatable bonds is 1. The van der Waals surface area contributed by atoms with Crippen molar-refractivity contribution in [3.63, 3.8) is 0 Å². The van der Waals surface area contributed by atoms with Gasteiger partial charge in [-0.05, 0) is 25.5 Å². The van der Waals surface area contributed by atoms with Crippen LogP contribution in [0.25, 0.3) is 10.7 Å². The van der Waals surface area contributed by atoms with Crippen molar-refractivity contribution >= 4 is 11.3 Å². The van der Waals surface area contributed by atoms with Crippen molar-refractivity contribution in [3.05, 3.63) is 28.9 Å². The van der Waals surface area contributed by atoms with Crippen molar-refractivity contribution in [1.29, 1.82) is 0 Å². The smallest absolute Gasteiger partial charge is 0.166 e. The second-order valence-corrected chi connectivity index (χ2v) is 4.03. The van der Waals surface area contributed by atoms with Crippen molar-refractivity contribution in [2.75, 3.05) is 0 Å². The lowest BCUT2D eigenvalue weighted by atomic mass is 10.3. The van der Waals surface area contributed by atoms with E-state index >= 15 is 0 Å². The Morgan fingerprint density at radius 1 is 1.15 bits per heavy atom. The van der Waals surface area contributed by atoms with Crippen LogP contribution in [0.3, 0.4) is 0 Å². The molecule has 0 atom stereocenters. The summed E-state index contributed by atoms with van der Waals surface area (Å²) in [5.74, 6) is 0. The zero-order valence-corrected chi connectivity index (χ0v) is 8.30. The first-order valence-electron chi connectivity index (χ1n) is 3.99. The van der Waals surface area contributed by atoms with Gasteiger partial charge in [-0.25, -0.2) is 0 Å². The van der Waals surface area contributed by atoms with E-state index in [1.54, 1.807) is 11.3 Å². The number of aromatic nitrogens is 3. The van der Waals surface area contributed by atoms with Gasteiger partial charge < -0.3 is 0 Å². The Morgan fingerprint density at radius 3 is 2.54 bits per heavy atom. The first kappa shape index (κ1) is 8.31. The molecule has 3 nitrogen and oxygen atoms in total. The average Bonchev–Trinajstić information content (AvgIpc) is 2.53. The van der Waals surface area contributed by atoms with Crippen LogP contribution < -0.4 is 0 Å². The summed E-state index contributed by atoms with van der Waals surface area (Å²) >= 11 is 1.56. The molecule has 0 aliphatic carbocycles. The highest BCUT2D eigenvalue weighted by atomic mass is 32.1. The second-order valence-electron chi connectivity index (χ2n) is 2.85. The van der Waals surface area contributed by atoms with E-state index in [0.717, 1.165) is 21.3 Å². The molecule has 2 aromatic rings. The molecule has 0 bridgehead atoms. The first-order valence-corrected chi connectivity index (χ1v) is 4.80. The zero-order valence-electron chi connectivity index (χ0n) is 7.48. The molecule has 66 valence electrons. The lowest BCUT2D eigenvalue weighted by Gasteiger charge is -1.93. The van der Waals surface area contributed by atoms with E-state index in [4.69, 9.17) is 0 Å². The molecule has 0 aliphatic heterocycles. The van der Waals surface area contributed by atoms with Crippen LogP contribution in [0.15, 0.2) is 18.3 Å². The summed E-state index contributed by atoms with van der Waals surface area (Å²) in [7, 11) is 0. The molecular weight excluding hydrogens is 182 g/mol. The SMILES string of the molecule is Cc1ccc(-c2nnc(C)s2)nc1. The van der Waals surface area contributed by atoms with Crippen molar-refractivity contribution in [2.24, 2.45) is 0 Å². The summed E-state index contributed by atoms with van der Waals surface area (Å²) in [4.78, 5) is 4.27. The molecular formula is C9H9N3S. The van der Waals surface area contributed by atoms with Crippen molar-refractivity contribution in [1.82, 2.24) is 15.2 Å². The first-order chi connectivity index (χ1) is 6.25. The number of aryl methyl sites for hydroxylation is 2. The molecule has 0 radical (unpaired) electrons. The van der Waals surface area contributed by atoms with Crippen LogP contribution in [0.2, 0.25) is 0 Å². The highest BCUT2D eigenvalue weighted by Gasteiger charge is 2.03. The van der Waals surface area contributed by atoms with Gasteiger partial charge in [-0.15, -0.1) is 10.2 Å². The normalized spacial score (nSPS) is 10.3. The number of hydrogen-bond acceptors (Lipinski definition) is 4. The lowest BCUT2D eigenvalue weighted by Crippen LogP contribution is -1.82. The van der Waals surface area contributed by atoms with Gasteiger partial charge >= 0.3 is 0 Å². The van der Waals surface area contributed by atoms with Crippen LogP contribution in [0.4, 0.5) is 0 Å². The van der Waals surface area contributed by atoms with Crippen molar-refractivity contribution in [3.8, 4) is 10.7 Å². The third kappa shape index (κ3) is 1.72. The predicted octanol–water partition coefficient (Wildman–Crippen LogP) is 2.22. The highest BCUT2D eigenvalue weighted by Crippen LogP contribution is 2.20.